The highest BCUT2D eigenvalue weighted by atomic mass is 35.5. The largest absolute Gasteiger partial charge is 0.352 e. The van der Waals surface area contributed by atoms with Gasteiger partial charge in [-0.25, -0.2) is 8.42 Å². The fourth-order valence-electron chi connectivity index (χ4n) is 4.60. The zero-order valence-electron chi connectivity index (χ0n) is 19.0. The van der Waals surface area contributed by atoms with E-state index in [0.29, 0.717) is 36.5 Å². The molecule has 1 N–H and O–H groups in total. The van der Waals surface area contributed by atoms with Crippen LogP contribution in [0, 0.1) is 5.92 Å². The molecule has 0 unspecified atom stereocenters. The van der Waals surface area contributed by atoms with Crippen LogP contribution in [-0.2, 0) is 31.6 Å². The highest BCUT2D eigenvalue weighted by molar-refractivity contribution is 7.89. The lowest BCUT2D eigenvalue weighted by Gasteiger charge is -2.31. The van der Waals surface area contributed by atoms with Crippen LogP contribution in [0.1, 0.15) is 37.8 Å². The molecule has 33 heavy (non-hydrogen) atoms. The third-order valence-electron chi connectivity index (χ3n) is 6.65. The number of amides is 2. The van der Waals surface area contributed by atoms with Crippen LogP contribution < -0.4 is 10.2 Å². The number of piperidine rings is 1. The molecule has 1 fully saturated rings. The van der Waals surface area contributed by atoms with E-state index in [1.165, 1.54) is 4.31 Å². The Labute approximate surface area is 199 Å². The summed E-state index contributed by atoms with van der Waals surface area (Å²) in [5, 5.41) is 3.47. The van der Waals surface area contributed by atoms with Crippen LogP contribution in [0.15, 0.2) is 47.4 Å². The summed E-state index contributed by atoms with van der Waals surface area (Å²) in [4.78, 5) is 27.1. The summed E-state index contributed by atoms with van der Waals surface area (Å²) in [6.07, 6.45) is 1.22. The standard InChI is InChI=1S/C24H28ClN3O4S/c1-24(2)19-13-18(10-11-21(19)27(3)23(24)30)33(31,32)28-12-6-8-17(15-28)22(29)26-14-16-7-4-5-9-20(16)25/h4-5,7,9-11,13,17H,6,8,12,14-15H2,1-3H3,(H,26,29)/t17-/m0/s1. The number of nitrogens with one attached hydrogen (secondary N) is 1. The Morgan fingerprint density at radius 2 is 1.94 bits per heavy atom. The van der Waals surface area contributed by atoms with Crippen LogP contribution in [0.4, 0.5) is 5.69 Å². The lowest BCUT2D eigenvalue weighted by Crippen LogP contribution is -2.45. The van der Waals surface area contributed by atoms with Crippen molar-refractivity contribution < 1.29 is 18.0 Å². The van der Waals surface area contributed by atoms with E-state index in [2.05, 4.69) is 5.32 Å². The van der Waals surface area contributed by atoms with Crippen molar-refractivity contribution in [2.75, 3.05) is 25.0 Å². The number of carbonyl (C=O) groups is 2. The minimum atomic E-state index is -3.81. The van der Waals surface area contributed by atoms with Gasteiger partial charge in [0.2, 0.25) is 21.8 Å². The van der Waals surface area contributed by atoms with E-state index in [4.69, 9.17) is 11.6 Å². The van der Waals surface area contributed by atoms with Crippen LogP contribution in [0.3, 0.4) is 0 Å². The number of rotatable bonds is 5. The van der Waals surface area contributed by atoms with Crippen molar-refractivity contribution in [2.24, 2.45) is 5.92 Å². The Morgan fingerprint density at radius 3 is 2.67 bits per heavy atom. The van der Waals surface area contributed by atoms with Crippen molar-refractivity contribution in [3.63, 3.8) is 0 Å². The second-order valence-corrected chi connectivity index (χ2v) is 11.5. The molecule has 4 rings (SSSR count). The molecular formula is C24H28ClN3O4S. The molecule has 2 aromatic carbocycles. The van der Waals surface area contributed by atoms with Crippen LogP contribution >= 0.6 is 11.6 Å². The predicted molar refractivity (Wildman–Crippen MR) is 128 cm³/mol. The first kappa shape index (κ1) is 23.7. The molecule has 0 aromatic heterocycles. The van der Waals surface area contributed by atoms with E-state index < -0.39 is 21.4 Å². The summed E-state index contributed by atoms with van der Waals surface area (Å²) in [7, 11) is -2.11. The lowest BCUT2D eigenvalue weighted by atomic mass is 9.86. The van der Waals surface area contributed by atoms with E-state index in [9.17, 15) is 18.0 Å². The van der Waals surface area contributed by atoms with Gasteiger partial charge >= 0.3 is 0 Å². The van der Waals surface area contributed by atoms with Crippen LogP contribution in [-0.4, -0.2) is 44.7 Å². The predicted octanol–water partition coefficient (Wildman–Crippen LogP) is 3.31. The molecule has 7 nitrogen and oxygen atoms in total. The minimum absolute atomic E-state index is 0.0692. The zero-order valence-corrected chi connectivity index (χ0v) is 20.5. The topological polar surface area (TPSA) is 86.8 Å². The number of hydrogen-bond acceptors (Lipinski definition) is 4. The molecule has 0 spiro atoms. The Kier molecular flexibility index (Phi) is 6.28. The summed E-state index contributed by atoms with van der Waals surface area (Å²) in [5.41, 5.74) is 1.44. The van der Waals surface area contributed by atoms with Gasteiger partial charge in [0.15, 0.2) is 0 Å². The number of fused-ring (bicyclic) bond motifs is 1. The van der Waals surface area contributed by atoms with E-state index in [0.717, 1.165) is 11.3 Å². The molecule has 2 amide bonds. The number of benzene rings is 2. The minimum Gasteiger partial charge on any atom is -0.352 e. The maximum Gasteiger partial charge on any atom is 0.243 e. The maximum absolute atomic E-state index is 13.4. The quantitative estimate of drug-likeness (QED) is 0.698. The van der Waals surface area contributed by atoms with Crippen molar-refractivity contribution in [1.29, 1.82) is 0 Å². The van der Waals surface area contributed by atoms with Gasteiger partial charge in [-0.2, -0.15) is 4.31 Å². The summed E-state index contributed by atoms with van der Waals surface area (Å²) >= 11 is 6.16. The van der Waals surface area contributed by atoms with Crippen molar-refractivity contribution in [2.45, 2.75) is 43.5 Å². The van der Waals surface area contributed by atoms with Crippen molar-refractivity contribution >= 4 is 39.1 Å². The highest BCUT2D eigenvalue weighted by Crippen LogP contribution is 2.42. The lowest BCUT2D eigenvalue weighted by molar-refractivity contribution is -0.126. The molecule has 2 aliphatic rings. The number of hydrogen-bond donors (Lipinski definition) is 1. The molecule has 9 heteroatoms. The molecule has 0 radical (unpaired) electrons. The Hall–Kier alpha value is -2.42. The summed E-state index contributed by atoms with van der Waals surface area (Å²) < 4.78 is 28.2. The van der Waals surface area contributed by atoms with Gasteiger partial charge in [-0.1, -0.05) is 29.8 Å². The smallest absolute Gasteiger partial charge is 0.243 e. The molecule has 176 valence electrons. The Balaban J connectivity index is 1.50. The zero-order chi connectivity index (χ0) is 24.0. The van der Waals surface area contributed by atoms with E-state index in [1.807, 2.05) is 18.2 Å². The Bertz CT molecular complexity index is 1210. The number of likely N-dealkylation sites (N-methyl/N-ethyl adjacent to an activating group) is 1. The molecule has 2 aromatic rings. The fourth-order valence-corrected chi connectivity index (χ4v) is 6.36. The van der Waals surface area contributed by atoms with Crippen molar-refractivity contribution in [3.05, 3.63) is 58.6 Å². The van der Waals surface area contributed by atoms with Crippen LogP contribution in [0.5, 0.6) is 0 Å². The van der Waals surface area contributed by atoms with Gasteiger partial charge in [-0.05, 0) is 62.1 Å². The first-order valence-electron chi connectivity index (χ1n) is 11.0. The first-order valence-corrected chi connectivity index (χ1v) is 12.8. The van der Waals surface area contributed by atoms with Crippen molar-refractivity contribution in [1.82, 2.24) is 9.62 Å². The Morgan fingerprint density at radius 1 is 1.21 bits per heavy atom. The molecule has 1 atom stereocenters. The SMILES string of the molecule is CN1C(=O)C(C)(C)c2cc(S(=O)(=O)N3CCC[C@H](C(=O)NCc4ccccc4Cl)C3)ccc21. The van der Waals surface area contributed by atoms with Gasteiger partial charge in [0.25, 0.3) is 0 Å². The van der Waals surface area contributed by atoms with Gasteiger partial charge in [0.05, 0.1) is 16.2 Å². The average Bonchev–Trinajstić information content (AvgIpc) is 2.98. The summed E-state index contributed by atoms with van der Waals surface area (Å²) in [6, 6.07) is 12.1. The van der Waals surface area contributed by atoms with Crippen molar-refractivity contribution in [3.8, 4) is 0 Å². The van der Waals surface area contributed by atoms with Gasteiger partial charge < -0.3 is 10.2 Å². The van der Waals surface area contributed by atoms with Crippen LogP contribution in [0.25, 0.3) is 0 Å². The molecular weight excluding hydrogens is 462 g/mol. The summed E-state index contributed by atoms with van der Waals surface area (Å²) in [5.74, 6) is -0.688. The number of nitrogens with zero attached hydrogens (tertiary/aromatic N) is 2. The molecule has 1 saturated heterocycles. The number of sulfonamides is 1. The van der Waals surface area contributed by atoms with E-state index >= 15 is 0 Å². The molecule has 2 aliphatic heterocycles. The third-order valence-corrected chi connectivity index (χ3v) is 8.88. The fraction of sp³-hybridized carbons (Fsp3) is 0.417. The van der Waals surface area contributed by atoms with Gasteiger partial charge in [0, 0.05) is 37.4 Å². The average molecular weight is 490 g/mol. The second kappa shape index (κ2) is 8.74. The highest BCUT2D eigenvalue weighted by Gasteiger charge is 2.43. The molecule has 0 saturated carbocycles. The first-order chi connectivity index (χ1) is 15.5. The normalized spacial score (nSPS) is 20.5. The molecule has 0 bridgehead atoms. The van der Waals surface area contributed by atoms with Gasteiger partial charge in [-0.3, -0.25) is 9.59 Å². The molecule has 2 heterocycles. The monoisotopic (exact) mass is 489 g/mol. The third kappa shape index (κ3) is 4.27. The summed E-state index contributed by atoms with van der Waals surface area (Å²) in [6.45, 7) is 4.37. The maximum atomic E-state index is 13.4. The number of carbonyl (C=O) groups excluding carboxylic acids is 2. The second-order valence-electron chi connectivity index (χ2n) is 9.18. The number of halogens is 1. The van der Waals surface area contributed by atoms with E-state index in [-0.39, 0.29) is 23.3 Å². The van der Waals surface area contributed by atoms with Crippen LogP contribution in [0.2, 0.25) is 5.02 Å². The number of anilines is 1. The molecule has 0 aliphatic carbocycles. The van der Waals surface area contributed by atoms with E-state index in [1.54, 1.807) is 50.1 Å². The van der Waals surface area contributed by atoms with Gasteiger partial charge in [0.1, 0.15) is 0 Å². The van der Waals surface area contributed by atoms with Gasteiger partial charge in [-0.15, -0.1) is 0 Å².